The number of carbonyl (C=O) groups excluding carboxylic acids is 1. The van der Waals surface area contributed by atoms with Crippen molar-refractivity contribution in [2.24, 2.45) is 4.99 Å². The minimum Gasteiger partial charge on any atom is -0.490 e. The van der Waals surface area contributed by atoms with E-state index in [2.05, 4.69) is 11.6 Å². The number of aromatic carboxylic acids is 1. The number of hydrogen-bond acceptors (Lipinski definition) is 6. The van der Waals surface area contributed by atoms with Crippen LogP contribution in [0.3, 0.4) is 0 Å². The fourth-order valence-electron chi connectivity index (χ4n) is 3.80. The van der Waals surface area contributed by atoms with Gasteiger partial charge in [0, 0.05) is 17.6 Å². The fraction of sp³-hybridized carbons (Fsp3) is 0.345. The average molecular weight is 523 g/mol. The van der Waals surface area contributed by atoms with E-state index in [4.69, 9.17) is 14.6 Å². The van der Waals surface area contributed by atoms with Crippen LogP contribution in [0.15, 0.2) is 59.0 Å². The van der Waals surface area contributed by atoms with E-state index < -0.39 is 5.97 Å². The van der Waals surface area contributed by atoms with Crippen LogP contribution < -0.4 is 9.47 Å². The summed E-state index contributed by atoms with van der Waals surface area (Å²) in [6.07, 6.45) is 4.21. The van der Waals surface area contributed by atoms with Gasteiger partial charge in [-0.2, -0.15) is 0 Å². The van der Waals surface area contributed by atoms with E-state index in [0.717, 1.165) is 16.7 Å². The fourth-order valence-corrected chi connectivity index (χ4v) is 5.04. The maximum Gasteiger partial charge on any atom is 0.335 e. The van der Waals surface area contributed by atoms with Crippen molar-refractivity contribution in [3.05, 3.63) is 76.2 Å². The molecule has 2 aromatic carbocycles. The first-order valence-corrected chi connectivity index (χ1v) is 13.1. The molecule has 0 aromatic heterocycles. The smallest absolute Gasteiger partial charge is 0.335 e. The van der Waals surface area contributed by atoms with Crippen molar-refractivity contribution in [2.45, 2.75) is 59.7 Å². The molecule has 0 aliphatic carbocycles. The second-order valence-corrected chi connectivity index (χ2v) is 10.1. The van der Waals surface area contributed by atoms with Crippen LogP contribution in [0.5, 0.6) is 11.5 Å². The minimum absolute atomic E-state index is 0.000877. The molecule has 0 unspecified atom stereocenters. The molecule has 2 aromatic rings. The first-order chi connectivity index (χ1) is 17.6. The lowest BCUT2D eigenvalue weighted by atomic mass is 10.0. The van der Waals surface area contributed by atoms with Crippen molar-refractivity contribution in [1.29, 1.82) is 0 Å². The van der Waals surface area contributed by atoms with Crippen molar-refractivity contribution in [3.63, 3.8) is 0 Å². The Morgan fingerprint density at radius 1 is 1.16 bits per heavy atom. The van der Waals surface area contributed by atoms with Gasteiger partial charge in [0.1, 0.15) is 6.61 Å². The molecule has 196 valence electrons. The maximum atomic E-state index is 13.2. The number of rotatable bonds is 11. The first-order valence-electron chi connectivity index (χ1n) is 12.3. The third-order valence-corrected chi connectivity index (χ3v) is 6.42. The first kappa shape index (κ1) is 28.1. The van der Waals surface area contributed by atoms with Crippen LogP contribution in [0.25, 0.3) is 6.08 Å². The molecule has 1 fully saturated rings. The predicted octanol–water partition coefficient (Wildman–Crippen LogP) is 6.18. The van der Waals surface area contributed by atoms with E-state index in [-0.39, 0.29) is 30.2 Å². The molecule has 1 saturated heterocycles. The summed E-state index contributed by atoms with van der Waals surface area (Å²) in [6, 6.07) is 10.5. The SMILES string of the molecule is C=CCc1cc(/C=C2/SC(=NC(C)C)N(C(C)C)C2=O)cc(OCC)c1OCc1ccc(C(=O)O)cc1. The van der Waals surface area contributed by atoms with Crippen LogP contribution in [-0.2, 0) is 17.8 Å². The molecule has 0 saturated carbocycles. The van der Waals surface area contributed by atoms with E-state index in [9.17, 15) is 9.59 Å². The summed E-state index contributed by atoms with van der Waals surface area (Å²) < 4.78 is 12.1. The molecule has 8 heteroatoms. The van der Waals surface area contributed by atoms with Crippen LogP contribution in [-0.4, -0.2) is 45.7 Å². The van der Waals surface area contributed by atoms with Gasteiger partial charge in [-0.25, -0.2) is 4.79 Å². The highest BCUT2D eigenvalue weighted by molar-refractivity contribution is 8.18. The molecule has 0 spiro atoms. The van der Waals surface area contributed by atoms with Crippen LogP contribution >= 0.6 is 11.8 Å². The third kappa shape index (κ3) is 7.04. The summed E-state index contributed by atoms with van der Waals surface area (Å²) in [5.41, 5.74) is 2.76. The number of carbonyl (C=O) groups is 2. The summed E-state index contributed by atoms with van der Waals surface area (Å²) in [5, 5.41) is 9.83. The molecule has 1 N–H and O–H groups in total. The summed E-state index contributed by atoms with van der Waals surface area (Å²) >= 11 is 1.39. The van der Waals surface area contributed by atoms with Gasteiger partial charge in [0.15, 0.2) is 16.7 Å². The zero-order chi connectivity index (χ0) is 27.1. The Bertz CT molecular complexity index is 1220. The Morgan fingerprint density at radius 2 is 1.86 bits per heavy atom. The Labute approximate surface area is 222 Å². The minimum atomic E-state index is -0.970. The van der Waals surface area contributed by atoms with Gasteiger partial charge in [0.25, 0.3) is 5.91 Å². The van der Waals surface area contributed by atoms with Crippen molar-refractivity contribution < 1.29 is 24.2 Å². The average Bonchev–Trinajstić information content (AvgIpc) is 3.13. The lowest BCUT2D eigenvalue weighted by Crippen LogP contribution is -2.35. The quantitative estimate of drug-likeness (QED) is 0.280. The van der Waals surface area contributed by atoms with Gasteiger partial charge in [-0.05, 0) is 94.3 Å². The van der Waals surface area contributed by atoms with E-state index in [1.54, 1.807) is 35.2 Å². The number of amides is 1. The van der Waals surface area contributed by atoms with Gasteiger partial charge in [-0.1, -0.05) is 18.2 Å². The molecule has 0 atom stereocenters. The normalized spacial score (nSPS) is 15.8. The van der Waals surface area contributed by atoms with Crippen molar-refractivity contribution in [2.75, 3.05) is 6.61 Å². The summed E-state index contributed by atoms with van der Waals surface area (Å²) in [4.78, 5) is 31.3. The molecule has 0 radical (unpaired) electrons. The number of hydrogen-bond donors (Lipinski definition) is 1. The number of allylic oxidation sites excluding steroid dienone is 1. The molecule has 7 nitrogen and oxygen atoms in total. The van der Waals surface area contributed by atoms with Crippen LogP contribution in [0.4, 0.5) is 0 Å². The number of thioether (sulfide) groups is 1. The highest BCUT2D eigenvalue weighted by Crippen LogP contribution is 2.38. The van der Waals surface area contributed by atoms with Gasteiger partial charge in [-0.3, -0.25) is 14.7 Å². The van der Waals surface area contributed by atoms with Crippen molar-refractivity contribution >= 4 is 34.9 Å². The Hall–Kier alpha value is -3.52. The van der Waals surface area contributed by atoms with Crippen molar-refractivity contribution in [1.82, 2.24) is 4.90 Å². The number of amidine groups is 1. The number of benzene rings is 2. The molecule has 1 aliphatic rings. The van der Waals surface area contributed by atoms with E-state index in [1.807, 2.05) is 52.8 Å². The second-order valence-electron chi connectivity index (χ2n) is 9.11. The molecule has 3 rings (SSSR count). The summed E-state index contributed by atoms with van der Waals surface area (Å²) in [5.74, 6) is 0.139. The van der Waals surface area contributed by atoms with Crippen molar-refractivity contribution in [3.8, 4) is 11.5 Å². The third-order valence-electron chi connectivity index (χ3n) is 5.42. The van der Waals surface area contributed by atoms with Gasteiger partial charge in [-0.15, -0.1) is 6.58 Å². The number of carboxylic acid groups (broad SMARTS) is 1. The van der Waals surface area contributed by atoms with E-state index in [1.165, 1.54) is 11.8 Å². The predicted molar refractivity (Wildman–Crippen MR) is 149 cm³/mol. The van der Waals surface area contributed by atoms with E-state index in [0.29, 0.717) is 34.6 Å². The largest absolute Gasteiger partial charge is 0.490 e. The highest BCUT2D eigenvalue weighted by atomic mass is 32.2. The highest BCUT2D eigenvalue weighted by Gasteiger charge is 2.35. The number of carboxylic acids is 1. The lowest BCUT2D eigenvalue weighted by molar-refractivity contribution is -0.123. The van der Waals surface area contributed by atoms with Gasteiger partial charge in [0.05, 0.1) is 17.1 Å². The lowest BCUT2D eigenvalue weighted by Gasteiger charge is -2.20. The molecular formula is C29H34N2O5S. The van der Waals surface area contributed by atoms with E-state index >= 15 is 0 Å². The zero-order valence-electron chi connectivity index (χ0n) is 22.0. The molecular weight excluding hydrogens is 488 g/mol. The zero-order valence-corrected chi connectivity index (χ0v) is 22.8. The molecule has 0 bridgehead atoms. The van der Waals surface area contributed by atoms with Crippen LogP contribution in [0, 0.1) is 0 Å². The second kappa shape index (κ2) is 12.6. The molecule has 1 heterocycles. The topological polar surface area (TPSA) is 88.4 Å². The van der Waals surface area contributed by atoms with Gasteiger partial charge < -0.3 is 14.6 Å². The number of ether oxygens (including phenoxy) is 2. The Balaban J connectivity index is 1.96. The Morgan fingerprint density at radius 3 is 2.43 bits per heavy atom. The summed E-state index contributed by atoms with van der Waals surface area (Å²) in [7, 11) is 0. The van der Waals surface area contributed by atoms with Crippen LogP contribution in [0.2, 0.25) is 0 Å². The number of aliphatic imine (C=N–C) groups is 1. The molecule has 1 aliphatic heterocycles. The number of nitrogens with zero attached hydrogens (tertiary/aromatic N) is 2. The maximum absolute atomic E-state index is 13.2. The van der Waals surface area contributed by atoms with Gasteiger partial charge in [0.2, 0.25) is 0 Å². The Kier molecular flexibility index (Phi) is 9.58. The monoisotopic (exact) mass is 522 g/mol. The van der Waals surface area contributed by atoms with Gasteiger partial charge >= 0.3 is 5.97 Å². The van der Waals surface area contributed by atoms with Crippen LogP contribution in [0.1, 0.15) is 61.7 Å². The summed E-state index contributed by atoms with van der Waals surface area (Å²) in [6.45, 7) is 14.4. The molecule has 1 amide bonds. The standard InChI is InChI=1S/C29H34N2O5S/c1-7-9-23-14-21(16-25-27(32)31(19(5)6)29(37-25)30-18(3)4)15-24(35-8-2)26(23)36-17-20-10-12-22(13-11-20)28(33)34/h7,10-16,18-19H,1,8-9,17H2,2-6H3,(H,33,34)/b25-16+,30-29?. The molecule has 37 heavy (non-hydrogen) atoms.